The minimum Gasteiger partial charge on any atom is -0.385 e. The molecule has 1 atom stereocenters. The van der Waals surface area contributed by atoms with E-state index in [2.05, 4.69) is 18.7 Å². The summed E-state index contributed by atoms with van der Waals surface area (Å²) < 4.78 is 5.10. The van der Waals surface area contributed by atoms with Crippen LogP contribution < -0.4 is 5.73 Å². The van der Waals surface area contributed by atoms with Crippen LogP contribution in [0, 0.1) is 5.92 Å². The molecule has 0 bridgehead atoms. The summed E-state index contributed by atoms with van der Waals surface area (Å²) in [6, 6.07) is 1.04. The molecule has 0 radical (unpaired) electrons. The summed E-state index contributed by atoms with van der Waals surface area (Å²) in [5.74, 6) is 0.727. The summed E-state index contributed by atoms with van der Waals surface area (Å²) in [5, 5.41) is 0. The average molecular weight is 242 g/mol. The van der Waals surface area contributed by atoms with Gasteiger partial charge in [-0.3, -0.25) is 4.90 Å². The van der Waals surface area contributed by atoms with E-state index in [0.717, 1.165) is 31.5 Å². The Balaban J connectivity index is 2.38. The Morgan fingerprint density at radius 2 is 1.88 bits per heavy atom. The molecule has 0 aromatic rings. The monoisotopic (exact) mass is 242 g/mol. The maximum atomic E-state index is 6.18. The van der Waals surface area contributed by atoms with Crippen molar-refractivity contribution in [3.05, 3.63) is 0 Å². The van der Waals surface area contributed by atoms with Crippen LogP contribution >= 0.6 is 0 Å². The van der Waals surface area contributed by atoms with Crippen LogP contribution in [-0.4, -0.2) is 43.8 Å². The highest BCUT2D eigenvalue weighted by Gasteiger charge is 2.24. The van der Waals surface area contributed by atoms with Gasteiger partial charge in [0, 0.05) is 38.9 Å². The lowest BCUT2D eigenvalue weighted by Gasteiger charge is -2.32. The van der Waals surface area contributed by atoms with Crippen LogP contribution in [0.5, 0.6) is 0 Å². The highest BCUT2D eigenvalue weighted by atomic mass is 16.5. The van der Waals surface area contributed by atoms with Gasteiger partial charge in [0.15, 0.2) is 0 Å². The number of nitrogens with two attached hydrogens (primary N) is 1. The van der Waals surface area contributed by atoms with Gasteiger partial charge in [-0.25, -0.2) is 0 Å². The zero-order valence-electron chi connectivity index (χ0n) is 11.8. The van der Waals surface area contributed by atoms with Crippen molar-refractivity contribution in [2.24, 2.45) is 11.7 Å². The molecular weight excluding hydrogens is 212 g/mol. The van der Waals surface area contributed by atoms with Crippen LogP contribution in [-0.2, 0) is 4.74 Å². The third-order valence-electron chi connectivity index (χ3n) is 3.60. The first-order valence-electron chi connectivity index (χ1n) is 7.12. The number of hydrogen-bond acceptors (Lipinski definition) is 3. The van der Waals surface area contributed by atoms with Crippen molar-refractivity contribution in [3.8, 4) is 0 Å². The number of hydrogen-bond donors (Lipinski definition) is 1. The minimum atomic E-state index is 0.259. The molecule has 0 aliphatic heterocycles. The van der Waals surface area contributed by atoms with Gasteiger partial charge >= 0.3 is 0 Å². The molecule has 0 amide bonds. The van der Waals surface area contributed by atoms with Crippen molar-refractivity contribution in [1.82, 2.24) is 4.90 Å². The van der Waals surface area contributed by atoms with Crippen LogP contribution in [0.25, 0.3) is 0 Å². The topological polar surface area (TPSA) is 38.5 Å². The summed E-state index contributed by atoms with van der Waals surface area (Å²) >= 11 is 0. The lowest BCUT2D eigenvalue weighted by atomic mass is 10.1. The average Bonchev–Trinajstić information content (AvgIpc) is 2.78. The normalized spacial score (nSPS) is 19.4. The Bertz CT molecular complexity index is 191. The SMILES string of the molecule is COCCC(N)CN(CC(C)C)C1CCCC1. The molecule has 1 aliphatic carbocycles. The second kappa shape index (κ2) is 8.06. The largest absolute Gasteiger partial charge is 0.385 e. The first kappa shape index (κ1) is 14.9. The minimum absolute atomic E-state index is 0.259. The van der Waals surface area contributed by atoms with E-state index in [1.807, 2.05) is 0 Å². The van der Waals surface area contributed by atoms with Crippen molar-refractivity contribution >= 4 is 0 Å². The highest BCUT2D eigenvalue weighted by Crippen LogP contribution is 2.24. The fourth-order valence-electron chi connectivity index (χ4n) is 2.77. The quantitative estimate of drug-likeness (QED) is 0.709. The van der Waals surface area contributed by atoms with Gasteiger partial charge in [-0.1, -0.05) is 26.7 Å². The van der Waals surface area contributed by atoms with Crippen LogP contribution in [0.4, 0.5) is 0 Å². The molecule has 17 heavy (non-hydrogen) atoms. The van der Waals surface area contributed by atoms with Gasteiger partial charge in [-0.15, -0.1) is 0 Å². The fraction of sp³-hybridized carbons (Fsp3) is 1.00. The Morgan fingerprint density at radius 3 is 2.41 bits per heavy atom. The zero-order valence-corrected chi connectivity index (χ0v) is 11.8. The molecule has 2 N–H and O–H groups in total. The molecule has 0 saturated heterocycles. The Hall–Kier alpha value is -0.120. The molecule has 3 heteroatoms. The van der Waals surface area contributed by atoms with Crippen molar-refractivity contribution in [2.75, 3.05) is 26.8 Å². The lowest BCUT2D eigenvalue weighted by Crippen LogP contribution is -2.44. The predicted octanol–water partition coefficient (Wildman–Crippen LogP) is 2.25. The molecule has 0 aromatic heterocycles. The van der Waals surface area contributed by atoms with Gasteiger partial charge in [-0.2, -0.15) is 0 Å². The van der Waals surface area contributed by atoms with E-state index in [9.17, 15) is 0 Å². The smallest absolute Gasteiger partial charge is 0.0477 e. The maximum absolute atomic E-state index is 6.18. The molecule has 3 nitrogen and oxygen atoms in total. The van der Waals surface area contributed by atoms with Gasteiger partial charge in [0.25, 0.3) is 0 Å². The Morgan fingerprint density at radius 1 is 1.24 bits per heavy atom. The van der Waals surface area contributed by atoms with Crippen molar-refractivity contribution in [1.29, 1.82) is 0 Å². The molecule has 1 unspecified atom stereocenters. The van der Waals surface area contributed by atoms with Crippen LogP contribution in [0.1, 0.15) is 46.0 Å². The van der Waals surface area contributed by atoms with Crippen molar-refractivity contribution in [2.45, 2.75) is 58.0 Å². The van der Waals surface area contributed by atoms with E-state index in [-0.39, 0.29) is 6.04 Å². The molecule has 102 valence electrons. The van der Waals surface area contributed by atoms with Gasteiger partial charge in [0.2, 0.25) is 0 Å². The highest BCUT2D eigenvalue weighted by molar-refractivity contribution is 4.80. The van der Waals surface area contributed by atoms with Gasteiger partial charge in [0.1, 0.15) is 0 Å². The van der Waals surface area contributed by atoms with E-state index in [1.165, 1.54) is 32.2 Å². The summed E-state index contributed by atoms with van der Waals surface area (Å²) in [6.07, 6.45) is 6.49. The van der Waals surface area contributed by atoms with Gasteiger partial charge in [-0.05, 0) is 25.2 Å². The van der Waals surface area contributed by atoms with Crippen molar-refractivity contribution < 1.29 is 4.74 Å². The molecule has 0 heterocycles. The third-order valence-corrected chi connectivity index (χ3v) is 3.60. The molecule has 1 fully saturated rings. The van der Waals surface area contributed by atoms with E-state index in [0.29, 0.717) is 0 Å². The van der Waals surface area contributed by atoms with Gasteiger partial charge < -0.3 is 10.5 Å². The Kier molecular flexibility index (Phi) is 7.09. The van der Waals surface area contributed by atoms with Crippen LogP contribution in [0.3, 0.4) is 0 Å². The fourth-order valence-corrected chi connectivity index (χ4v) is 2.77. The first-order valence-corrected chi connectivity index (χ1v) is 7.12. The number of nitrogens with zero attached hydrogens (tertiary/aromatic N) is 1. The second-order valence-corrected chi connectivity index (χ2v) is 5.83. The van der Waals surface area contributed by atoms with Gasteiger partial charge in [0.05, 0.1) is 0 Å². The molecular formula is C14H30N2O. The number of rotatable bonds is 8. The van der Waals surface area contributed by atoms with E-state index >= 15 is 0 Å². The third kappa shape index (κ3) is 5.84. The first-order chi connectivity index (χ1) is 8.13. The summed E-state index contributed by atoms with van der Waals surface area (Å²) in [7, 11) is 1.75. The number of methoxy groups -OCH3 is 1. The molecule has 1 saturated carbocycles. The van der Waals surface area contributed by atoms with E-state index < -0.39 is 0 Å². The van der Waals surface area contributed by atoms with E-state index in [1.54, 1.807) is 7.11 Å². The van der Waals surface area contributed by atoms with Crippen LogP contribution in [0.15, 0.2) is 0 Å². The summed E-state index contributed by atoms with van der Waals surface area (Å²) in [6.45, 7) is 7.59. The van der Waals surface area contributed by atoms with Crippen LogP contribution in [0.2, 0.25) is 0 Å². The molecule has 0 aromatic carbocycles. The second-order valence-electron chi connectivity index (χ2n) is 5.83. The van der Waals surface area contributed by atoms with E-state index in [4.69, 9.17) is 10.5 Å². The lowest BCUT2D eigenvalue weighted by molar-refractivity contribution is 0.145. The summed E-state index contributed by atoms with van der Waals surface area (Å²) in [4.78, 5) is 2.62. The number of ether oxygens (including phenoxy) is 1. The standard InChI is InChI=1S/C14H30N2O/c1-12(2)10-16(14-6-4-5-7-14)11-13(15)8-9-17-3/h12-14H,4-11,15H2,1-3H3. The van der Waals surface area contributed by atoms with Crippen molar-refractivity contribution in [3.63, 3.8) is 0 Å². The summed E-state index contributed by atoms with van der Waals surface area (Å²) in [5.41, 5.74) is 6.18. The molecule has 1 aliphatic rings. The Labute approximate surface area is 107 Å². The molecule has 0 spiro atoms. The predicted molar refractivity (Wildman–Crippen MR) is 73.1 cm³/mol. The maximum Gasteiger partial charge on any atom is 0.0477 e. The molecule has 1 rings (SSSR count). The zero-order chi connectivity index (χ0) is 12.7.